The number of piperazine rings is 1. The molecule has 0 saturated carbocycles. The van der Waals surface area contributed by atoms with Crippen molar-refractivity contribution in [1.29, 1.82) is 0 Å². The predicted molar refractivity (Wildman–Crippen MR) is 92.3 cm³/mol. The average Bonchev–Trinajstić information content (AvgIpc) is 2.91. The first-order valence-electron chi connectivity index (χ1n) is 7.38. The zero-order valence-electron chi connectivity index (χ0n) is 12.4. The van der Waals surface area contributed by atoms with Gasteiger partial charge in [0.15, 0.2) is 0 Å². The third-order valence-electron chi connectivity index (χ3n) is 3.80. The fourth-order valence-corrected chi connectivity index (χ4v) is 2.96. The Labute approximate surface area is 141 Å². The SMILES string of the molecule is NCCCC1NC(=O)/C(=C/c2c[nH]c3cc(Br)ccc23)NC1=O. The molecule has 1 saturated heterocycles. The van der Waals surface area contributed by atoms with Crippen molar-refractivity contribution in [2.45, 2.75) is 18.9 Å². The highest BCUT2D eigenvalue weighted by atomic mass is 79.9. The number of hydrogen-bond acceptors (Lipinski definition) is 3. The molecule has 1 fully saturated rings. The molecule has 0 bridgehead atoms. The number of H-pyrrole nitrogens is 1. The summed E-state index contributed by atoms with van der Waals surface area (Å²) in [5.41, 5.74) is 7.50. The van der Waals surface area contributed by atoms with Crippen LogP contribution in [-0.4, -0.2) is 29.4 Å². The van der Waals surface area contributed by atoms with E-state index in [2.05, 4.69) is 31.5 Å². The summed E-state index contributed by atoms with van der Waals surface area (Å²) in [6.07, 6.45) is 4.72. The van der Waals surface area contributed by atoms with Crippen molar-refractivity contribution in [3.05, 3.63) is 40.1 Å². The summed E-state index contributed by atoms with van der Waals surface area (Å²) < 4.78 is 0.970. The molecule has 2 heterocycles. The molecule has 6 nitrogen and oxygen atoms in total. The molecule has 1 atom stereocenters. The zero-order chi connectivity index (χ0) is 16.4. The lowest BCUT2D eigenvalue weighted by molar-refractivity contribution is -0.131. The number of halogens is 1. The van der Waals surface area contributed by atoms with Gasteiger partial charge in [0, 0.05) is 27.1 Å². The number of aromatic nitrogens is 1. The normalized spacial score (nSPS) is 19.9. The van der Waals surface area contributed by atoms with Crippen LogP contribution in [0.3, 0.4) is 0 Å². The van der Waals surface area contributed by atoms with Gasteiger partial charge in [-0.3, -0.25) is 9.59 Å². The van der Waals surface area contributed by atoms with Crippen molar-refractivity contribution in [2.24, 2.45) is 5.73 Å². The second kappa shape index (κ2) is 6.55. The summed E-state index contributed by atoms with van der Waals surface area (Å²) in [7, 11) is 0. The van der Waals surface area contributed by atoms with Gasteiger partial charge in [0.25, 0.3) is 5.91 Å². The molecular formula is C16H17BrN4O2. The van der Waals surface area contributed by atoms with Crippen LogP contribution in [0.5, 0.6) is 0 Å². The first-order valence-corrected chi connectivity index (χ1v) is 8.18. The van der Waals surface area contributed by atoms with Crippen molar-refractivity contribution in [2.75, 3.05) is 6.54 Å². The van der Waals surface area contributed by atoms with Gasteiger partial charge in [-0.2, -0.15) is 0 Å². The van der Waals surface area contributed by atoms with Crippen LogP contribution in [0.4, 0.5) is 0 Å². The number of rotatable bonds is 4. The molecule has 7 heteroatoms. The summed E-state index contributed by atoms with van der Waals surface area (Å²) in [4.78, 5) is 27.4. The van der Waals surface area contributed by atoms with Gasteiger partial charge in [-0.05, 0) is 37.6 Å². The number of benzene rings is 1. The predicted octanol–water partition coefficient (Wildman–Crippen LogP) is 1.62. The number of amides is 2. The summed E-state index contributed by atoms with van der Waals surface area (Å²) in [6.45, 7) is 0.493. The van der Waals surface area contributed by atoms with E-state index in [4.69, 9.17) is 5.73 Å². The second-order valence-electron chi connectivity index (χ2n) is 5.44. The van der Waals surface area contributed by atoms with Crippen LogP contribution in [-0.2, 0) is 9.59 Å². The molecule has 3 rings (SSSR count). The lowest BCUT2D eigenvalue weighted by Gasteiger charge is -2.24. The van der Waals surface area contributed by atoms with E-state index in [1.807, 2.05) is 24.4 Å². The molecule has 120 valence electrons. The van der Waals surface area contributed by atoms with E-state index in [-0.39, 0.29) is 17.5 Å². The second-order valence-corrected chi connectivity index (χ2v) is 6.35. The molecule has 2 amide bonds. The molecule has 1 aromatic heterocycles. The van der Waals surface area contributed by atoms with Crippen molar-refractivity contribution in [1.82, 2.24) is 15.6 Å². The van der Waals surface area contributed by atoms with Crippen LogP contribution in [0, 0.1) is 0 Å². The molecule has 23 heavy (non-hydrogen) atoms. The van der Waals surface area contributed by atoms with Gasteiger partial charge < -0.3 is 21.4 Å². The Morgan fingerprint density at radius 3 is 2.91 bits per heavy atom. The van der Waals surface area contributed by atoms with Crippen LogP contribution in [0.15, 0.2) is 34.6 Å². The quantitative estimate of drug-likeness (QED) is 0.610. The molecular weight excluding hydrogens is 360 g/mol. The number of carbonyl (C=O) groups is 2. The van der Waals surface area contributed by atoms with E-state index >= 15 is 0 Å². The number of carbonyl (C=O) groups excluding carboxylic acids is 2. The van der Waals surface area contributed by atoms with Crippen LogP contribution in [0.1, 0.15) is 18.4 Å². The van der Waals surface area contributed by atoms with Gasteiger partial charge in [-0.15, -0.1) is 0 Å². The Hall–Kier alpha value is -2.12. The van der Waals surface area contributed by atoms with E-state index in [1.165, 1.54) is 0 Å². The van der Waals surface area contributed by atoms with E-state index < -0.39 is 6.04 Å². The molecule has 1 aromatic carbocycles. The van der Waals surface area contributed by atoms with E-state index in [0.29, 0.717) is 19.4 Å². The van der Waals surface area contributed by atoms with E-state index in [0.717, 1.165) is 20.9 Å². The van der Waals surface area contributed by atoms with Gasteiger partial charge in [-0.1, -0.05) is 22.0 Å². The third-order valence-corrected chi connectivity index (χ3v) is 4.29. The molecule has 1 aliphatic rings. The van der Waals surface area contributed by atoms with Crippen LogP contribution < -0.4 is 16.4 Å². The maximum atomic E-state index is 12.2. The largest absolute Gasteiger partial charge is 0.361 e. The molecule has 0 aliphatic carbocycles. The molecule has 1 unspecified atom stereocenters. The zero-order valence-corrected chi connectivity index (χ0v) is 13.9. The molecule has 5 N–H and O–H groups in total. The molecule has 0 radical (unpaired) electrons. The smallest absolute Gasteiger partial charge is 0.268 e. The van der Waals surface area contributed by atoms with Gasteiger partial charge in [0.05, 0.1) is 0 Å². The highest BCUT2D eigenvalue weighted by Gasteiger charge is 2.29. The Balaban J connectivity index is 1.85. The minimum absolute atomic E-state index is 0.202. The summed E-state index contributed by atoms with van der Waals surface area (Å²) in [6, 6.07) is 5.33. The van der Waals surface area contributed by atoms with E-state index in [9.17, 15) is 9.59 Å². The molecule has 0 spiro atoms. The average molecular weight is 377 g/mol. The monoisotopic (exact) mass is 376 g/mol. The number of aromatic amines is 1. The number of fused-ring (bicyclic) bond motifs is 1. The maximum absolute atomic E-state index is 12.2. The Morgan fingerprint density at radius 2 is 2.13 bits per heavy atom. The number of nitrogens with two attached hydrogens (primary N) is 1. The first kappa shape index (κ1) is 15.8. The summed E-state index contributed by atoms with van der Waals surface area (Å²) in [5, 5.41) is 6.39. The summed E-state index contributed by atoms with van der Waals surface area (Å²) >= 11 is 3.42. The third kappa shape index (κ3) is 3.30. The van der Waals surface area contributed by atoms with Crippen molar-refractivity contribution in [3.8, 4) is 0 Å². The molecule has 1 aliphatic heterocycles. The standard InChI is InChI=1S/C16H17BrN4O2/c17-10-3-4-11-9(8-19-13(11)7-10)6-14-16(23)20-12(2-1-5-18)15(22)21-14/h3-4,6-8,12,19H,1-2,5,18H2,(H,20,23)(H,21,22)/b14-6-. The minimum Gasteiger partial charge on any atom is -0.361 e. The van der Waals surface area contributed by atoms with Gasteiger partial charge in [0.1, 0.15) is 11.7 Å². The fraction of sp³-hybridized carbons (Fsp3) is 0.250. The lowest BCUT2D eigenvalue weighted by Crippen LogP contribution is -2.54. The minimum atomic E-state index is -0.512. The Kier molecular flexibility index (Phi) is 4.49. The molecule has 2 aromatic rings. The first-order chi connectivity index (χ1) is 11.1. The maximum Gasteiger partial charge on any atom is 0.268 e. The van der Waals surface area contributed by atoms with Crippen LogP contribution in [0.2, 0.25) is 0 Å². The van der Waals surface area contributed by atoms with Crippen LogP contribution in [0.25, 0.3) is 17.0 Å². The lowest BCUT2D eigenvalue weighted by atomic mass is 10.1. The van der Waals surface area contributed by atoms with Crippen molar-refractivity contribution < 1.29 is 9.59 Å². The van der Waals surface area contributed by atoms with Crippen LogP contribution >= 0.6 is 15.9 Å². The van der Waals surface area contributed by atoms with Gasteiger partial charge in [-0.25, -0.2) is 0 Å². The highest BCUT2D eigenvalue weighted by Crippen LogP contribution is 2.24. The number of hydrogen-bond donors (Lipinski definition) is 4. The highest BCUT2D eigenvalue weighted by molar-refractivity contribution is 9.10. The van der Waals surface area contributed by atoms with Crippen molar-refractivity contribution in [3.63, 3.8) is 0 Å². The number of nitrogens with one attached hydrogen (secondary N) is 3. The summed E-state index contributed by atoms with van der Waals surface area (Å²) in [5.74, 6) is -0.482. The van der Waals surface area contributed by atoms with E-state index in [1.54, 1.807) is 6.08 Å². The van der Waals surface area contributed by atoms with Gasteiger partial charge >= 0.3 is 0 Å². The Bertz CT molecular complexity index is 796. The fourth-order valence-electron chi connectivity index (χ4n) is 2.60. The van der Waals surface area contributed by atoms with Gasteiger partial charge in [0.2, 0.25) is 5.91 Å². The van der Waals surface area contributed by atoms with Crippen molar-refractivity contribution >= 4 is 44.7 Å². The Morgan fingerprint density at radius 1 is 1.30 bits per heavy atom. The topological polar surface area (TPSA) is 100 Å².